The normalized spacial score (nSPS) is 30.8. The van der Waals surface area contributed by atoms with Crippen molar-refractivity contribution in [3.05, 3.63) is 21.6 Å². The maximum Gasteiger partial charge on any atom is 0.285 e. The van der Waals surface area contributed by atoms with Crippen LogP contribution in [0.15, 0.2) is 11.0 Å². The monoisotopic (exact) mass is 253 g/mol. The van der Waals surface area contributed by atoms with Gasteiger partial charge in [0.05, 0.1) is 11.9 Å². The molecule has 2 aliphatic rings. The summed E-state index contributed by atoms with van der Waals surface area (Å²) in [6, 6.07) is 0. The molecular formula is C12H16ClN3O. The number of aromatic amines is 1. The number of rotatable bonds is 3. The zero-order valence-corrected chi connectivity index (χ0v) is 10.3. The molecule has 0 aliphatic heterocycles. The summed E-state index contributed by atoms with van der Waals surface area (Å²) < 4.78 is 0. The molecule has 5 heteroatoms. The van der Waals surface area contributed by atoms with Crippen LogP contribution in [0.4, 0.5) is 5.69 Å². The van der Waals surface area contributed by atoms with E-state index in [9.17, 15) is 4.79 Å². The Bertz CT molecular complexity index is 473. The Labute approximate surface area is 105 Å². The van der Waals surface area contributed by atoms with Gasteiger partial charge in [0.1, 0.15) is 5.02 Å². The highest BCUT2D eigenvalue weighted by Crippen LogP contribution is 2.48. The van der Waals surface area contributed by atoms with Crippen molar-refractivity contribution in [3.63, 3.8) is 0 Å². The zero-order valence-electron chi connectivity index (χ0n) is 9.58. The lowest BCUT2D eigenvalue weighted by atomic mass is 9.89. The van der Waals surface area contributed by atoms with Crippen molar-refractivity contribution >= 4 is 17.3 Å². The van der Waals surface area contributed by atoms with Gasteiger partial charge in [-0.2, -0.15) is 5.10 Å². The predicted molar refractivity (Wildman–Crippen MR) is 67.3 cm³/mol. The average molecular weight is 254 g/mol. The van der Waals surface area contributed by atoms with Crippen molar-refractivity contribution < 1.29 is 0 Å². The third kappa shape index (κ3) is 2.06. The number of anilines is 1. The molecule has 0 saturated heterocycles. The lowest BCUT2D eigenvalue weighted by Gasteiger charge is -2.22. The summed E-state index contributed by atoms with van der Waals surface area (Å²) in [7, 11) is 0. The van der Waals surface area contributed by atoms with Crippen molar-refractivity contribution in [3.8, 4) is 0 Å². The van der Waals surface area contributed by atoms with E-state index in [0.29, 0.717) is 5.69 Å². The summed E-state index contributed by atoms with van der Waals surface area (Å²) in [5.41, 5.74) is 0.322. The average Bonchev–Trinajstić information content (AvgIpc) is 2.93. The molecule has 2 bridgehead atoms. The van der Waals surface area contributed by atoms with Gasteiger partial charge in [-0.1, -0.05) is 18.0 Å². The second-order valence-electron chi connectivity index (χ2n) is 5.24. The maximum absolute atomic E-state index is 11.3. The van der Waals surface area contributed by atoms with Gasteiger partial charge < -0.3 is 5.32 Å². The van der Waals surface area contributed by atoms with Crippen LogP contribution < -0.4 is 10.9 Å². The van der Waals surface area contributed by atoms with Gasteiger partial charge >= 0.3 is 0 Å². The van der Waals surface area contributed by atoms with Gasteiger partial charge in [-0.05, 0) is 37.0 Å². The van der Waals surface area contributed by atoms with E-state index in [0.717, 1.165) is 24.3 Å². The summed E-state index contributed by atoms with van der Waals surface area (Å²) in [6.45, 7) is 0.909. The Morgan fingerprint density at radius 3 is 3.06 bits per heavy atom. The van der Waals surface area contributed by atoms with Gasteiger partial charge in [0.15, 0.2) is 0 Å². The second-order valence-corrected chi connectivity index (χ2v) is 5.62. The lowest BCUT2D eigenvalue weighted by molar-refractivity contribution is 0.348. The van der Waals surface area contributed by atoms with E-state index in [1.165, 1.54) is 25.7 Å². The Balaban J connectivity index is 1.64. The number of halogens is 1. The van der Waals surface area contributed by atoms with Crippen LogP contribution in [0.2, 0.25) is 5.02 Å². The topological polar surface area (TPSA) is 57.8 Å². The number of nitrogens with zero attached hydrogens (tertiary/aromatic N) is 1. The molecule has 1 aromatic rings. The molecule has 3 unspecified atom stereocenters. The molecule has 1 aromatic heterocycles. The largest absolute Gasteiger partial charge is 0.382 e. The molecule has 2 N–H and O–H groups in total. The van der Waals surface area contributed by atoms with Crippen LogP contribution in [-0.2, 0) is 0 Å². The Kier molecular flexibility index (Phi) is 2.82. The molecule has 92 valence electrons. The number of fused-ring (bicyclic) bond motifs is 2. The fourth-order valence-corrected chi connectivity index (χ4v) is 3.53. The summed E-state index contributed by atoms with van der Waals surface area (Å²) >= 11 is 5.91. The van der Waals surface area contributed by atoms with Crippen LogP contribution in [0.3, 0.4) is 0 Å². The predicted octanol–water partition coefficient (Wildman–Crippen LogP) is 2.27. The molecule has 2 saturated carbocycles. The van der Waals surface area contributed by atoms with Crippen molar-refractivity contribution in [1.29, 1.82) is 0 Å². The molecule has 0 aromatic carbocycles. The van der Waals surface area contributed by atoms with E-state index >= 15 is 0 Å². The zero-order chi connectivity index (χ0) is 11.8. The van der Waals surface area contributed by atoms with Crippen LogP contribution in [0, 0.1) is 17.8 Å². The summed E-state index contributed by atoms with van der Waals surface area (Å²) in [5, 5.41) is 9.55. The summed E-state index contributed by atoms with van der Waals surface area (Å²) in [4.78, 5) is 11.3. The molecule has 0 radical (unpaired) electrons. The van der Waals surface area contributed by atoms with E-state index < -0.39 is 0 Å². The fraction of sp³-hybridized carbons (Fsp3) is 0.667. The first-order chi connectivity index (χ1) is 8.24. The second kappa shape index (κ2) is 4.33. The Morgan fingerprint density at radius 1 is 1.47 bits per heavy atom. The fourth-order valence-electron chi connectivity index (χ4n) is 3.37. The smallest absolute Gasteiger partial charge is 0.285 e. The highest BCUT2D eigenvalue weighted by Gasteiger charge is 2.39. The third-order valence-electron chi connectivity index (χ3n) is 4.23. The van der Waals surface area contributed by atoms with Crippen LogP contribution in [0.5, 0.6) is 0 Å². The molecule has 2 aliphatic carbocycles. The molecule has 3 atom stereocenters. The maximum atomic E-state index is 11.3. The van der Waals surface area contributed by atoms with Gasteiger partial charge in [-0.25, -0.2) is 5.10 Å². The molecule has 1 heterocycles. The van der Waals surface area contributed by atoms with Gasteiger partial charge in [0, 0.05) is 6.54 Å². The Morgan fingerprint density at radius 2 is 2.35 bits per heavy atom. The van der Waals surface area contributed by atoms with Crippen molar-refractivity contribution in [2.24, 2.45) is 17.8 Å². The van der Waals surface area contributed by atoms with Crippen LogP contribution in [0.1, 0.15) is 25.7 Å². The minimum atomic E-state index is -0.329. The van der Waals surface area contributed by atoms with Crippen molar-refractivity contribution in [1.82, 2.24) is 10.2 Å². The standard InChI is InChI=1S/C12H16ClN3O/c13-11-10(6-15-16-12(11)17)14-5-9-4-7-1-2-8(9)3-7/h6-9H,1-5H2,(H2,14,16,17). The lowest BCUT2D eigenvalue weighted by Crippen LogP contribution is -2.21. The summed E-state index contributed by atoms with van der Waals surface area (Å²) in [6.07, 6.45) is 7.09. The molecule has 0 amide bonds. The molecule has 3 rings (SSSR count). The first-order valence-corrected chi connectivity index (χ1v) is 6.59. The quantitative estimate of drug-likeness (QED) is 0.869. The highest BCUT2D eigenvalue weighted by molar-refractivity contribution is 6.32. The number of aromatic nitrogens is 2. The van der Waals surface area contributed by atoms with Gasteiger partial charge in [0.25, 0.3) is 5.56 Å². The van der Waals surface area contributed by atoms with E-state index in [4.69, 9.17) is 11.6 Å². The molecule has 0 spiro atoms. The third-order valence-corrected chi connectivity index (χ3v) is 4.61. The van der Waals surface area contributed by atoms with Gasteiger partial charge in [-0.15, -0.1) is 0 Å². The van der Waals surface area contributed by atoms with E-state index in [1.54, 1.807) is 6.20 Å². The number of hydrogen-bond acceptors (Lipinski definition) is 3. The van der Waals surface area contributed by atoms with Crippen LogP contribution in [0.25, 0.3) is 0 Å². The van der Waals surface area contributed by atoms with E-state index in [1.807, 2.05) is 0 Å². The SMILES string of the molecule is O=c1[nH]ncc(NCC2CC3CCC2C3)c1Cl. The first kappa shape index (κ1) is 11.1. The molecular weight excluding hydrogens is 238 g/mol. The van der Waals surface area contributed by atoms with Crippen molar-refractivity contribution in [2.45, 2.75) is 25.7 Å². The number of H-pyrrole nitrogens is 1. The van der Waals surface area contributed by atoms with Gasteiger partial charge in [-0.3, -0.25) is 4.79 Å². The van der Waals surface area contributed by atoms with Crippen molar-refractivity contribution in [2.75, 3.05) is 11.9 Å². The Hall–Kier alpha value is -1.03. The number of nitrogens with one attached hydrogen (secondary N) is 2. The van der Waals surface area contributed by atoms with Crippen LogP contribution in [-0.4, -0.2) is 16.7 Å². The number of hydrogen-bond donors (Lipinski definition) is 2. The van der Waals surface area contributed by atoms with E-state index in [2.05, 4.69) is 15.5 Å². The minimum absolute atomic E-state index is 0.211. The molecule has 17 heavy (non-hydrogen) atoms. The molecule has 2 fully saturated rings. The van der Waals surface area contributed by atoms with E-state index in [-0.39, 0.29) is 10.6 Å². The first-order valence-electron chi connectivity index (χ1n) is 6.21. The minimum Gasteiger partial charge on any atom is -0.382 e. The molecule has 4 nitrogen and oxygen atoms in total. The summed E-state index contributed by atoms with van der Waals surface area (Å²) in [5.74, 6) is 2.56. The van der Waals surface area contributed by atoms with Gasteiger partial charge in [0.2, 0.25) is 0 Å². The van der Waals surface area contributed by atoms with Crippen LogP contribution >= 0.6 is 11.6 Å². The highest BCUT2D eigenvalue weighted by atomic mass is 35.5.